The number of amides is 4. The van der Waals surface area contributed by atoms with Crippen LogP contribution in [-0.4, -0.2) is 47.0 Å². The van der Waals surface area contributed by atoms with Crippen molar-refractivity contribution >= 4 is 35.2 Å². The Balaban J connectivity index is 2.18. The van der Waals surface area contributed by atoms with E-state index in [4.69, 9.17) is 11.6 Å². The molecule has 7 heteroatoms. The van der Waals surface area contributed by atoms with Crippen LogP contribution in [0.5, 0.6) is 0 Å². The first-order valence-electron chi connectivity index (χ1n) is 5.34. The fraction of sp³-hybridized carbons (Fsp3) is 0.167. The third kappa shape index (κ3) is 2.34. The van der Waals surface area contributed by atoms with E-state index in [0.29, 0.717) is 14.8 Å². The van der Waals surface area contributed by atoms with Crippen LogP contribution in [0.1, 0.15) is 10.4 Å². The summed E-state index contributed by atoms with van der Waals surface area (Å²) in [4.78, 5) is 47.6. The molecule has 0 spiro atoms. The zero-order chi connectivity index (χ0) is 14.2. The number of hydrogen-bond acceptors (Lipinski definition) is 4. The Labute approximate surface area is 113 Å². The number of hydrogen-bond donors (Lipinski definition) is 0. The van der Waals surface area contributed by atoms with Gasteiger partial charge in [-0.05, 0) is 12.1 Å². The molecule has 1 aromatic rings. The Hall–Kier alpha value is -2.21. The van der Waals surface area contributed by atoms with Crippen LogP contribution in [-0.2, 0) is 9.59 Å². The number of carbonyl (C=O) groups excluding carboxylic acids is 4. The fourth-order valence-corrected chi connectivity index (χ4v) is 1.84. The second-order valence-electron chi connectivity index (χ2n) is 3.97. The minimum absolute atomic E-state index is 0.273. The molecule has 0 bridgehead atoms. The Kier molecular flexibility index (Phi) is 3.35. The lowest BCUT2D eigenvalue weighted by molar-refractivity contribution is -0.142. The summed E-state index contributed by atoms with van der Waals surface area (Å²) in [6.07, 6.45) is 0. The van der Waals surface area contributed by atoms with Crippen molar-refractivity contribution in [3.8, 4) is 0 Å². The van der Waals surface area contributed by atoms with Gasteiger partial charge in [0.1, 0.15) is 0 Å². The van der Waals surface area contributed by atoms with Gasteiger partial charge in [-0.15, -0.1) is 0 Å². The number of ketones is 1. The molecule has 4 amide bonds. The molecule has 0 saturated carbocycles. The number of carbonyl (C=O) groups is 4. The van der Waals surface area contributed by atoms with E-state index in [1.165, 1.54) is 19.2 Å². The van der Waals surface area contributed by atoms with Gasteiger partial charge in [0, 0.05) is 17.6 Å². The van der Waals surface area contributed by atoms with E-state index < -0.39 is 30.2 Å². The highest BCUT2D eigenvalue weighted by atomic mass is 35.5. The van der Waals surface area contributed by atoms with E-state index in [9.17, 15) is 19.2 Å². The average molecular weight is 281 g/mol. The molecule has 1 aliphatic rings. The number of imide groups is 2. The Bertz CT molecular complexity index is 599. The molecule has 0 atom stereocenters. The Morgan fingerprint density at radius 3 is 2.42 bits per heavy atom. The van der Waals surface area contributed by atoms with Crippen molar-refractivity contribution in [3.63, 3.8) is 0 Å². The van der Waals surface area contributed by atoms with E-state index in [-0.39, 0.29) is 5.56 Å². The van der Waals surface area contributed by atoms with E-state index >= 15 is 0 Å². The molecule has 1 fully saturated rings. The van der Waals surface area contributed by atoms with E-state index in [1.807, 2.05) is 0 Å². The van der Waals surface area contributed by atoms with Crippen molar-refractivity contribution in [2.45, 2.75) is 0 Å². The lowest BCUT2D eigenvalue weighted by Gasteiger charge is -2.11. The second kappa shape index (κ2) is 4.81. The van der Waals surface area contributed by atoms with Gasteiger partial charge in [0.2, 0.25) is 0 Å². The van der Waals surface area contributed by atoms with Crippen molar-refractivity contribution in [3.05, 3.63) is 34.9 Å². The first-order valence-corrected chi connectivity index (χ1v) is 5.72. The molecule has 1 aliphatic heterocycles. The van der Waals surface area contributed by atoms with Crippen LogP contribution in [0.15, 0.2) is 24.3 Å². The summed E-state index contributed by atoms with van der Waals surface area (Å²) < 4.78 is 0. The van der Waals surface area contributed by atoms with Crippen LogP contribution < -0.4 is 0 Å². The zero-order valence-electron chi connectivity index (χ0n) is 9.92. The van der Waals surface area contributed by atoms with Crippen LogP contribution in [0.2, 0.25) is 5.02 Å². The number of urea groups is 1. The van der Waals surface area contributed by atoms with Gasteiger partial charge >= 0.3 is 17.8 Å². The van der Waals surface area contributed by atoms with E-state index in [0.717, 1.165) is 0 Å². The van der Waals surface area contributed by atoms with Crippen LogP contribution in [0.4, 0.5) is 4.79 Å². The SMILES string of the molecule is CN1C(=O)C(=O)N(CC(=O)c2cccc(Cl)c2)C1=O. The number of rotatable bonds is 3. The highest BCUT2D eigenvalue weighted by Crippen LogP contribution is 2.14. The fourth-order valence-electron chi connectivity index (χ4n) is 1.65. The molecule has 0 radical (unpaired) electrons. The molecular formula is C12H9ClN2O4. The van der Waals surface area contributed by atoms with Gasteiger partial charge < -0.3 is 0 Å². The quantitative estimate of drug-likeness (QED) is 0.469. The Morgan fingerprint density at radius 1 is 1.21 bits per heavy atom. The highest BCUT2D eigenvalue weighted by Gasteiger charge is 2.42. The Morgan fingerprint density at radius 2 is 1.89 bits per heavy atom. The predicted octanol–water partition coefficient (Wildman–Crippen LogP) is 0.943. The summed E-state index contributed by atoms with van der Waals surface area (Å²) in [5.41, 5.74) is 0.273. The molecular weight excluding hydrogens is 272 g/mol. The second-order valence-corrected chi connectivity index (χ2v) is 4.41. The van der Waals surface area contributed by atoms with E-state index in [2.05, 4.69) is 0 Å². The highest BCUT2D eigenvalue weighted by molar-refractivity contribution is 6.45. The largest absolute Gasteiger partial charge is 0.334 e. The smallest absolute Gasteiger partial charge is 0.292 e. The summed E-state index contributed by atoms with van der Waals surface area (Å²) in [6, 6.07) is 5.33. The number of benzene rings is 1. The van der Waals surface area contributed by atoms with Gasteiger partial charge in [-0.1, -0.05) is 23.7 Å². The van der Waals surface area contributed by atoms with Gasteiger partial charge in [-0.2, -0.15) is 0 Å². The van der Waals surface area contributed by atoms with Crippen molar-refractivity contribution in [1.29, 1.82) is 0 Å². The van der Waals surface area contributed by atoms with Gasteiger partial charge in [-0.25, -0.2) is 9.69 Å². The van der Waals surface area contributed by atoms with Crippen molar-refractivity contribution in [1.82, 2.24) is 9.80 Å². The summed E-state index contributed by atoms with van der Waals surface area (Å²) in [5, 5.41) is 0.373. The molecule has 1 saturated heterocycles. The average Bonchev–Trinajstić information content (AvgIpc) is 2.56. The van der Waals surface area contributed by atoms with Crippen LogP contribution in [0, 0.1) is 0 Å². The minimum Gasteiger partial charge on any atom is -0.292 e. The standard InChI is InChI=1S/C12H9ClN2O4/c1-14-10(17)11(18)15(12(14)19)6-9(16)7-3-2-4-8(13)5-7/h2-5H,6H2,1H3. The number of Topliss-reactive ketones (excluding diaryl/α,β-unsaturated/α-hetero) is 1. The topological polar surface area (TPSA) is 74.8 Å². The lowest BCUT2D eigenvalue weighted by atomic mass is 10.1. The van der Waals surface area contributed by atoms with Crippen LogP contribution in [0.3, 0.4) is 0 Å². The molecule has 0 unspecified atom stereocenters. The van der Waals surface area contributed by atoms with Crippen LogP contribution in [0.25, 0.3) is 0 Å². The van der Waals surface area contributed by atoms with Gasteiger partial charge in [0.25, 0.3) is 0 Å². The summed E-state index contributed by atoms with van der Waals surface area (Å²) in [6.45, 7) is -0.478. The maximum absolute atomic E-state index is 11.9. The van der Waals surface area contributed by atoms with Crippen molar-refractivity contribution < 1.29 is 19.2 Å². The normalized spacial score (nSPS) is 15.4. The van der Waals surface area contributed by atoms with Gasteiger partial charge in [0.15, 0.2) is 5.78 Å². The number of halogens is 1. The summed E-state index contributed by atoms with van der Waals surface area (Å²) in [7, 11) is 1.19. The predicted molar refractivity (Wildman–Crippen MR) is 65.7 cm³/mol. The maximum atomic E-state index is 11.9. The maximum Gasteiger partial charge on any atom is 0.334 e. The molecule has 0 aliphatic carbocycles. The third-order valence-corrected chi connectivity index (χ3v) is 2.93. The summed E-state index contributed by atoms with van der Waals surface area (Å²) >= 11 is 5.75. The molecule has 1 aromatic carbocycles. The molecule has 0 N–H and O–H groups in total. The summed E-state index contributed by atoms with van der Waals surface area (Å²) in [5.74, 6) is -2.40. The molecule has 2 rings (SSSR count). The minimum atomic E-state index is -0.997. The van der Waals surface area contributed by atoms with Gasteiger partial charge in [0.05, 0.1) is 6.54 Å². The molecule has 19 heavy (non-hydrogen) atoms. The van der Waals surface area contributed by atoms with E-state index in [1.54, 1.807) is 12.1 Å². The van der Waals surface area contributed by atoms with Gasteiger partial charge in [-0.3, -0.25) is 19.3 Å². The first kappa shape index (κ1) is 13.2. The van der Waals surface area contributed by atoms with Crippen LogP contribution >= 0.6 is 11.6 Å². The van der Waals surface area contributed by atoms with Crippen molar-refractivity contribution in [2.24, 2.45) is 0 Å². The molecule has 1 heterocycles. The zero-order valence-corrected chi connectivity index (χ0v) is 10.7. The lowest BCUT2D eigenvalue weighted by Crippen LogP contribution is -2.36. The number of likely N-dealkylation sites (N-methyl/N-ethyl adjacent to an activating group) is 1. The van der Waals surface area contributed by atoms with Crippen molar-refractivity contribution in [2.75, 3.05) is 13.6 Å². The molecule has 98 valence electrons. The molecule has 0 aromatic heterocycles. The number of nitrogens with zero attached hydrogens (tertiary/aromatic N) is 2. The molecule has 6 nitrogen and oxygen atoms in total. The third-order valence-electron chi connectivity index (χ3n) is 2.70. The monoisotopic (exact) mass is 280 g/mol. The first-order chi connectivity index (χ1) is 8.91.